The van der Waals surface area contributed by atoms with E-state index in [2.05, 4.69) is 0 Å². The monoisotopic (exact) mass is 485 g/mol. The van der Waals surface area contributed by atoms with Gasteiger partial charge in [0.25, 0.3) is 10.1 Å². The summed E-state index contributed by atoms with van der Waals surface area (Å²) in [6.45, 7) is 11.9. The summed E-state index contributed by atoms with van der Waals surface area (Å²) < 4.78 is 46.8. The number of hydrogen-bond donors (Lipinski definition) is 0. The highest BCUT2D eigenvalue weighted by Crippen LogP contribution is 2.25. The molecule has 1 saturated heterocycles. The van der Waals surface area contributed by atoms with Crippen molar-refractivity contribution in [3.8, 4) is 0 Å². The van der Waals surface area contributed by atoms with E-state index in [4.69, 9.17) is 18.4 Å². The normalized spacial score (nSPS) is 19.4. The maximum atomic E-state index is 12.7. The number of carbonyl (C=O) groups is 2. The first kappa shape index (κ1) is 27.1. The van der Waals surface area contributed by atoms with E-state index in [1.165, 1.54) is 17.0 Å². The van der Waals surface area contributed by atoms with Crippen LogP contribution in [-0.4, -0.2) is 68.5 Å². The molecule has 1 aliphatic heterocycles. The van der Waals surface area contributed by atoms with Crippen molar-refractivity contribution in [3.63, 3.8) is 0 Å². The first-order chi connectivity index (χ1) is 15.1. The SMILES string of the molecule is Cc1ccc(S(=O)(=O)OC[C@H]2C[C@@H](OCC(=O)OC(C)(C)C)CN2C(=O)OC(C)(C)C)cc1. The summed E-state index contributed by atoms with van der Waals surface area (Å²) in [6.07, 6.45) is -0.821. The average molecular weight is 486 g/mol. The summed E-state index contributed by atoms with van der Waals surface area (Å²) in [7, 11) is -4.01. The molecule has 0 aromatic heterocycles. The van der Waals surface area contributed by atoms with Gasteiger partial charge in [0.15, 0.2) is 0 Å². The van der Waals surface area contributed by atoms with E-state index in [0.29, 0.717) is 0 Å². The number of esters is 1. The number of amides is 1. The summed E-state index contributed by atoms with van der Waals surface area (Å²) in [4.78, 5) is 26.1. The molecular weight excluding hydrogens is 450 g/mol. The standard InChI is InChI=1S/C23H35NO8S/c1-16-8-10-19(11-9-16)33(27,28)30-14-17-12-18(29-15-20(25)31-22(2,3)4)13-24(17)21(26)32-23(5,6)7/h8-11,17-18H,12-15H2,1-7H3/t17-,18-/m1/s1. The van der Waals surface area contributed by atoms with Crippen LogP contribution >= 0.6 is 0 Å². The number of benzene rings is 1. The van der Waals surface area contributed by atoms with Crippen LogP contribution in [0.5, 0.6) is 0 Å². The zero-order valence-electron chi connectivity index (χ0n) is 20.4. The van der Waals surface area contributed by atoms with Crippen molar-refractivity contribution in [3.05, 3.63) is 29.8 Å². The predicted molar refractivity (Wildman–Crippen MR) is 121 cm³/mol. The summed E-state index contributed by atoms with van der Waals surface area (Å²) >= 11 is 0. The molecule has 0 unspecified atom stereocenters. The van der Waals surface area contributed by atoms with Gasteiger partial charge in [-0.3, -0.25) is 4.18 Å². The number of hydrogen-bond acceptors (Lipinski definition) is 8. The molecule has 2 rings (SSSR count). The molecule has 0 aliphatic carbocycles. The van der Waals surface area contributed by atoms with Crippen molar-refractivity contribution >= 4 is 22.2 Å². The van der Waals surface area contributed by atoms with Crippen molar-refractivity contribution in [1.29, 1.82) is 0 Å². The van der Waals surface area contributed by atoms with Crippen LogP contribution in [0, 0.1) is 6.92 Å². The quantitative estimate of drug-likeness (QED) is 0.427. The van der Waals surface area contributed by atoms with Gasteiger partial charge >= 0.3 is 12.1 Å². The van der Waals surface area contributed by atoms with Gasteiger partial charge in [-0.15, -0.1) is 0 Å². The number of carbonyl (C=O) groups excluding carboxylic acids is 2. The Morgan fingerprint density at radius 3 is 2.12 bits per heavy atom. The molecule has 1 aromatic rings. The zero-order valence-corrected chi connectivity index (χ0v) is 21.2. The minimum Gasteiger partial charge on any atom is -0.458 e. The molecule has 1 heterocycles. The molecular formula is C23H35NO8S. The number of nitrogens with zero attached hydrogens (tertiary/aromatic N) is 1. The Kier molecular flexibility index (Phi) is 8.53. The van der Waals surface area contributed by atoms with Crippen molar-refractivity contribution in [2.45, 2.75) is 83.1 Å². The number of rotatable bonds is 7. The Bertz CT molecular complexity index is 929. The first-order valence-corrected chi connectivity index (χ1v) is 12.3. The second-order valence-corrected chi connectivity index (χ2v) is 11.7. The second kappa shape index (κ2) is 10.4. The molecule has 186 valence electrons. The third-order valence-corrected chi connectivity index (χ3v) is 5.88. The third kappa shape index (κ3) is 8.94. The van der Waals surface area contributed by atoms with Crippen LogP contribution in [0.1, 0.15) is 53.5 Å². The Morgan fingerprint density at radius 1 is 1.00 bits per heavy atom. The van der Waals surface area contributed by atoms with E-state index in [1.54, 1.807) is 53.7 Å². The van der Waals surface area contributed by atoms with Crippen LogP contribution in [0.25, 0.3) is 0 Å². The van der Waals surface area contributed by atoms with Gasteiger partial charge in [-0.1, -0.05) is 17.7 Å². The topological polar surface area (TPSA) is 108 Å². The van der Waals surface area contributed by atoms with Gasteiger partial charge in [0.1, 0.15) is 17.8 Å². The number of ether oxygens (including phenoxy) is 3. The fourth-order valence-corrected chi connectivity index (χ4v) is 4.14. The molecule has 1 fully saturated rings. The molecule has 0 saturated carbocycles. The van der Waals surface area contributed by atoms with Gasteiger partial charge in [0, 0.05) is 0 Å². The minimum absolute atomic E-state index is 0.0349. The molecule has 0 spiro atoms. The van der Waals surface area contributed by atoms with E-state index < -0.39 is 45.5 Å². The van der Waals surface area contributed by atoms with Crippen LogP contribution in [0.4, 0.5) is 4.79 Å². The molecule has 1 aliphatic rings. The highest BCUT2D eigenvalue weighted by atomic mass is 32.2. The lowest BCUT2D eigenvalue weighted by Gasteiger charge is -2.28. The largest absolute Gasteiger partial charge is 0.458 e. The maximum absolute atomic E-state index is 12.7. The Balaban J connectivity index is 2.07. The Labute approximate surface area is 196 Å². The highest BCUT2D eigenvalue weighted by Gasteiger charge is 2.39. The molecule has 9 nitrogen and oxygen atoms in total. The summed E-state index contributed by atoms with van der Waals surface area (Å²) in [5.41, 5.74) is -0.448. The van der Waals surface area contributed by atoms with Crippen LogP contribution in [-0.2, 0) is 33.3 Å². The lowest BCUT2D eigenvalue weighted by molar-refractivity contribution is -0.162. The van der Waals surface area contributed by atoms with E-state index in [9.17, 15) is 18.0 Å². The van der Waals surface area contributed by atoms with Crippen molar-refractivity contribution in [1.82, 2.24) is 4.90 Å². The molecule has 0 N–H and O–H groups in total. The van der Waals surface area contributed by atoms with Crippen molar-refractivity contribution < 1.29 is 36.4 Å². The van der Waals surface area contributed by atoms with Crippen LogP contribution < -0.4 is 0 Å². The van der Waals surface area contributed by atoms with Crippen LogP contribution in [0.2, 0.25) is 0 Å². The predicted octanol–water partition coefficient (Wildman–Crippen LogP) is 3.44. The van der Waals surface area contributed by atoms with Crippen LogP contribution in [0.15, 0.2) is 29.2 Å². The molecule has 0 radical (unpaired) electrons. The lowest BCUT2D eigenvalue weighted by atomic mass is 10.2. The van der Waals surface area contributed by atoms with E-state index >= 15 is 0 Å². The van der Waals surface area contributed by atoms with Gasteiger partial charge in [-0.05, 0) is 67.0 Å². The molecule has 1 aromatic carbocycles. The minimum atomic E-state index is -4.01. The van der Waals surface area contributed by atoms with Crippen molar-refractivity contribution in [2.24, 2.45) is 0 Å². The number of likely N-dealkylation sites (tertiary alicyclic amines) is 1. The summed E-state index contributed by atoms with van der Waals surface area (Å²) in [6, 6.07) is 5.69. The smallest absolute Gasteiger partial charge is 0.410 e. The maximum Gasteiger partial charge on any atom is 0.410 e. The van der Waals surface area contributed by atoms with Crippen LogP contribution in [0.3, 0.4) is 0 Å². The summed E-state index contributed by atoms with van der Waals surface area (Å²) in [5, 5.41) is 0. The van der Waals surface area contributed by atoms with E-state index in [1.807, 2.05) is 6.92 Å². The third-order valence-electron chi connectivity index (χ3n) is 4.59. The second-order valence-electron chi connectivity index (χ2n) is 10.1. The van der Waals surface area contributed by atoms with Gasteiger partial charge in [-0.2, -0.15) is 8.42 Å². The molecule has 1 amide bonds. The summed E-state index contributed by atoms with van der Waals surface area (Å²) in [5.74, 6) is -0.520. The first-order valence-electron chi connectivity index (χ1n) is 10.8. The lowest BCUT2D eigenvalue weighted by Crippen LogP contribution is -2.42. The van der Waals surface area contributed by atoms with Gasteiger partial charge < -0.3 is 19.1 Å². The van der Waals surface area contributed by atoms with Gasteiger partial charge in [0.2, 0.25) is 0 Å². The molecule has 10 heteroatoms. The highest BCUT2D eigenvalue weighted by molar-refractivity contribution is 7.86. The molecule has 2 atom stereocenters. The molecule has 0 bridgehead atoms. The van der Waals surface area contributed by atoms with Crippen molar-refractivity contribution in [2.75, 3.05) is 19.8 Å². The molecule has 33 heavy (non-hydrogen) atoms. The number of aryl methyl sites for hydroxylation is 1. The van der Waals surface area contributed by atoms with Gasteiger partial charge in [0.05, 0.1) is 30.2 Å². The average Bonchev–Trinajstić information content (AvgIpc) is 3.06. The Morgan fingerprint density at radius 2 is 1.58 bits per heavy atom. The van der Waals surface area contributed by atoms with Gasteiger partial charge in [-0.25, -0.2) is 9.59 Å². The Hall–Kier alpha value is -2.17. The fraction of sp³-hybridized carbons (Fsp3) is 0.652. The zero-order chi connectivity index (χ0) is 25.0. The van der Waals surface area contributed by atoms with E-state index in [-0.39, 0.29) is 31.1 Å². The fourth-order valence-electron chi connectivity index (χ4n) is 3.19. The van der Waals surface area contributed by atoms with E-state index in [0.717, 1.165) is 5.56 Å².